The molecule has 0 spiro atoms. The number of likely N-dealkylation sites (N-methyl/N-ethyl adjacent to an activating group) is 3. The molecule has 5 heterocycles. The van der Waals surface area contributed by atoms with Crippen LogP contribution in [0.1, 0.15) is 146 Å². The fourth-order valence-electron chi connectivity index (χ4n) is 15.3. The predicted molar refractivity (Wildman–Crippen MR) is 359 cm³/mol. The number of carbonyl (C=O) groups excluding carboxylic acids is 3. The van der Waals surface area contributed by atoms with E-state index in [4.69, 9.17) is 34.8 Å². The Morgan fingerprint density at radius 3 is 1.29 bits per heavy atom. The Kier molecular flexibility index (Phi) is 19.2. The maximum absolute atomic E-state index is 13.1. The number of rotatable bonds is 8. The predicted octanol–water partition coefficient (Wildman–Crippen LogP) is 12.0. The summed E-state index contributed by atoms with van der Waals surface area (Å²) in [4.78, 5) is 54.2. The van der Waals surface area contributed by atoms with E-state index in [1.54, 1.807) is 25.6 Å². The molecule has 2 aromatic heterocycles. The first-order valence-corrected chi connectivity index (χ1v) is 32.8. The molecule has 14 nitrogen and oxygen atoms in total. The van der Waals surface area contributed by atoms with Crippen molar-refractivity contribution in [1.29, 1.82) is 0 Å². The van der Waals surface area contributed by atoms with Gasteiger partial charge >= 0.3 is 0 Å². The summed E-state index contributed by atoms with van der Waals surface area (Å²) in [6, 6.07) is 39.9. The van der Waals surface area contributed by atoms with E-state index in [9.17, 15) is 29.7 Å². The molecule has 3 aliphatic heterocycles. The molecule has 91 heavy (non-hydrogen) atoms. The van der Waals surface area contributed by atoms with Crippen molar-refractivity contribution in [2.45, 2.75) is 107 Å². The first-order chi connectivity index (χ1) is 44.1. The summed E-state index contributed by atoms with van der Waals surface area (Å²) < 4.78 is 0. The zero-order chi connectivity index (χ0) is 63.6. The van der Waals surface area contributed by atoms with E-state index in [2.05, 4.69) is 80.0 Å². The monoisotopic (exact) mass is 1280 g/mol. The van der Waals surface area contributed by atoms with Crippen molar-refractivity contribution in [2.75, 3.05) is 54.4 Å². The highest BCUT2D eigenvalue weighted by Crippen LogP contribution is 2.49. The molecule has 0 radical (unpaired) electrons. The summed E-state index contributed by atoms with van der Waals surface area (Å²) >= 11 is 18.7. The Bertz CT molecular complexity index is 4040. The van der Waals surface area contributed by atoms with Gasteiger partial charge in [0.15, 0.2) is 0 Å². The van der Waals surface area contributed by atoms with Crippen molar-refractivity contribution in [3.63, 3.8) is 0 Å². The maximum Gasteiger partial charge on any atom is 0.251 e. The van der Waals surface area contributed by atoms with Gasteiger partial charge in [-0.1, -0.05) is 77.3 Å². The van der Waals surface area contributed by atoms with Crippen LogP contribution in [0.5, 0.6) is 17.2 Å². The fourth-order valence-corrected chi connectivity index (χ4v) is 15.9. The van der Waals surface area contributed by atoms with Gasteiger partial charge in [-0.2, -0.15) is 0 Å². The average Bonchev–Trinajstić information content (AvgIpc) is 1.79. The summed E-state index contributed by atoms with van der Waals surface area (Å²) in [5.74, 6) is 0.554. The number of fused-ring (bicyclic) bond motifs is 15. The van der Waals surface area contributed by atoms with Gasteiger partial charge in [-0.05, 0) is 230 Å². The number of hydrogen-bond donors (Lipinski definition) is 6. The molecule has 0 unspecified atom stereocenters. The molecular formula is C74H77Cl3N8O6. The zero-order valence-corrected chi connectivity index (χ0v) is 54.1. The number of amides is 3. The molecule has 6 aliphatic rings. The lowest BCUT2D eigenvalue weighted by Gasteiger charge is -2.38. The summed E-state index contributed by atoms with van der Waals surface area (Å²) in [5, 5.41) is 41.1. The van der Waals surface area contributed by atoms with Crippen molar-refractivity contribution < 1.29 is 29.7 Å². The van der Waals surface area contributed by atoms with Gasteiger partial charge in [0, 0.05) is 123 Å². The Balaban J connectivity index is 0.000000133. The molecule has 0 fully saturated rings. The molecule has 6 atom stereocenters. The SMILES string of the molecule is CN1CCc2cc(Cl)c(O)cc2[C@H]2c3cccc(C(=O)NCCc4ccccn4)c3CC[C@@H]21.CN1CCc2cc(Cl)c(O)cc2[C@H]2c3cccc(C(=O)NCc4ccncc4)c3CC[C@@H]21.CNC(=O)c1cccc2c1CC[C@H]1[C@H]2c2cc(O)c(Cl)cc2CCN1C. The average molecular weight is 1280 g/mol. The lowest BCUT2D eigenvalue weighted by atomic mass is 9.73. The maximum atomic E-state index is 13.1. The van der Waals surface area contributed by atoms with Crippen molar-refractivity contribution >= 4 is 52.5 Å². The standard InChI is InChI=1S/C27H28ClN3O2.C26H26ClN3O2.C21H23ClN2O2/c1-31-14-11-17-15-23(28)25(32)16-22(17)26-20-6-4-7-21(19(20)8-9-24(26)31)27(33)30-13-10-18-5-2-3-12-29-18;1-30-12-9-17-13-22(27)24(31)14-21(17)25-19-3-2-4-20(18(19)5-6-23(25)30)26(32)29-15-16-7-10-28-11-8-16;1-23-21(26)15-5-3-4-14-13(15)6-7-18-20(14)16-11-19(25)17(22)10-12(16)8-9-24(18)2/h2-7,12,15-16,24,26,32H,8-11,13-14H2,1H3,(H,30,33);2-4,7-8,10-11,13-14,23,25,31H,5-6,9,12,15H2,1H3,(H,29,32);3-5,10-11,18,20,25H,6-9H2,1-2H3,(H,23,26)/t24-,26+;23-,25+;18-,20+/m000/s1. The van der Waals surface area contributed by atoms with Crippen LogP contribution in [0.2, 0.25) is 15.1 Å². The number of aromatic hydroxyl groups is 3. The van der Waals surface area contributed by atoms with Crippen LogP contribution in [0.3, 0.4) is 0 Å². The topological polar surface area (TPSA) is 183 Å². The second kappa shape index (κ2) is 27.6. The van der Waals surface area contributed by atoms with Crippen LogP contribution < -0.4 is 16.0 Å². The van der Waals surface area contributed by atoms with E-state index >= 15 is 0 Å². The molecule has 3 amide bonds. The quantitative estimate of drug-likeness (QED) is 0.0851. The van der Waals surface area contributed by atoms with Crippen LogP contribution in [0, 0.1) is 0 Å². The minimum atomic E-state index is -0.0572. The van der Waals surface area contributed by atoms with E-state index in [0.717, 1.165) is 139 Å². The number of nitrogens with zero attached hydrogens (tertiary/aromatic N) is 5. The van der Waals surface area contributed by atoms with Crippen LogP contribution in [0.4, 0.5) is 0 Å². The fraction of sp³-hybridized carbons (Fsp3) is 0.338. The van der Waals surface area contributed by atoms with E-state index in [1.165, 1.54) is 33.4 Å². The molecule has 3 aliphatic carbocycles. The second-order valence-corrected chi connectivity index (χ2v) is 26.2. The third-order valence-corrected chi connectivity index (χ3v) is 20.9. The Morgan fingerprint density at radius 2 is 0.890 bits per heavy atom. The lowest BCUT2D eigenvalue weighted by Crippen LogP contribution is -2.40. The summed E-state index contributed by atoms with van der Waals surface area (Å²) in [5.41, 5.74) is 18.0. The van der Waals surface area contributed by atoms with Gasteiger partial charge in [-0.15, -0.1) is 0 Å². The number of halogens is 3. The molecule has 14 rings (SSSR count). The number of aromatic nitrogens is 2. The van der Waals surface area contributed by atoms with Gasteiger partial charge in [0.1, 0.15) is 17.2 Å². The zero-order valence-electron chi connectivity index (χ0n) is 51.8. The van der Waals surface area contributed by atoms with E-state index < -0.39 is 0 Å². The molecule has 0 saturated carbocycles. The Labute approximate surface area is 547 Å². The largest absolute Gasteiger partial charge is 0.506 e. The minimum Gasteiger partial charge on any atom is -0.506 e. The second-order valence-electron chi connectivity index (χ2n) is 25.0. The normalized spacial score (nSPS) is 20.4. The lowest BCUT2D eigenvalue weighted by molar-refractivity contribution is 0.0942. The molecule has 17 heteroatoms. The first-order valence-electron chi connectivity index (χ1n) is 31.6. The minimum absolute atomic E-state index is 0.0395. The van der Waals surface area contributed by atoms with Crippen LogP contribution >= 0.6 is 34.8 Å². The first kappa shape index (κ1) is 63.3. The molecule has 0 bridgehead atoms. The number of pyridine rings is 2. The summed E-state index contributed by atoms with van der Waals surface area (Å²) in [6.07, 6.45) is 14.1. The van der Waals surface area contributed by atoms with Gasteiger partial charge in [0.2, 0.25) is 0 Å². The van der Waals surface area contributed by atoms with E-state index in [1.807, 2.05) is 103 Å². The van der Waals surface area contributed by atoms with Gasteiger partial charge < -0.3 is 46.0 Å². The van der Waals surface area contributed by atoms with Crippen LogP contribution in [-0.4, -0.2) is 130 Å². The third-order valence-electron chi connectivity index (χ3n) is 20.0. The van der Waals surface area contributed by atoms with Gasteiger partial charge in [-0.25, -0.2) is 0 Å². The molecular weight excluding hydrogens is 1200 g/mol. The molecule has 470 valence electrons. The summed E-state index contributed by atoms with van der Waals surface area (Å²) in [7, 11) is 8.17. The highest BCUT2D eigenvalue weighted by Gasteiger charge is 2.41. The molecule has 6 N–H and O–H groups in total. The number of benzene rings is 6. The van der Waals surface area contributed by atoms with Crippen LogP contribution in [0.25, 0.3) is 0 Å². The van der Waals surface area contributed by atoms with Gasteiger partial charge in [-0.3, -0.25) is 24.4 Å². The van der Waals surface area contributed by atoms with Crippen molar-refractivity contribution in [3.8, 4) is 17.2 Å². The number of nitrogens with one attached hydrogen (secondary N) is 3. The number of hydrogen-bond acceptors (Lipinski definition) is 11. The molecule has 6 aromatic carbocycles. The Hall–Kier alpha value is -7.82. The van der Waals surface area contributed by atoms with Gasteiger partial charge in [0.25, 0.3) is 17.7 Å². The Morgan fingerprint density at radius 1 is 0.484 bits per heavy atom. The number of phenols is 3. The third kappa shape index (κ3) is 13.1. The highest BCUT2D eigenvalue weighted by atomic mass is 35.5. The van der Waals surface area contributed by atoms with Crippen LogP contribution in [0.15, 0.2) is 140 Å². The van der Waals surface area contributed by atoms with E-state index in [-0.39, 0.29) is 52.7 Å². The van der Waals surface area contributed by atoms with Crippen molar-refractivity contribution in [1.82, 2.24) is 40.6 Å². The smallest absolute Gasteiger partial charge is 0.251 e. The molecule has 8 aromatic rings. The number of phenolic OH excluding ortho intramolecular Hbond substituents is 3. The van der Waals surface area contributed by atoms with Crippen molar-refractivity contribution in [2.24, 2.45) is 0 Å². The van der Waals surface area contributed by atoms with Crippen LogP contribution in [-0.2, 0) is 51.5 Å². The highest BCUT2D eigenvalue weighted by molar-refractivity contribution is 6.32. The van der Waals surface area contributed by atoms with E-state index in [0.29, 0.717) is 52.7 Å². The van der Waals surface area contributed by atoms with Gasteiger partial charge in [0.05, 0.1) is 15.1 Å². The number of carbonyl (C=O) groups is 3. The molecule has 0 saturated heterocycles. The van der Waals surface area contributed by atoms with Crippen molar-refractivity contribution in [3.05, 3.63) is 250 Å². The summed E-state index contributed by atoms with van der Waals surface area (Å²) in [6.45, 7) is 3.85.